The minimum atomic E-state index is 0.374. The lowest BCUT2D eigenvalue weighted by Gasteiger charge is -2.13. The van der Waals surface area contributed by atoms with Gasteiger partial charge in [0.15, 0.2) is 0 Å². The Morgan fingerprint density at radius 2 is 2.15 bits per heavy atom. The van der Waals surface area contributed by atoms with Gasteiger partial charge in [0.2, 0.25) is 0 Å². The molecule has 0 fully saturated rings. The number of benzene rings is 1. The van der Waals surface area contributed by atoms with E-state index in [0.717, 1.165) is 28.1 Å². The van der Waals surface area contributed by atoms with E-state index in [4.69, 9.17) is 5.73 Å². The molecule has 0 aliphatic carbocycles. The topological polar surface area (TPSA) is 63.8 Å². The van der Waals surface area contributed by atoms with Crippen LogP contribution in [0.2, 0.25) is 0 Å². The van der Waals surface area contributed by atoms with Crippen molar-refractivity contribution in [1.82, 2.24) is 9.97 Å². The Morgan fingerprint density at radius 3 is 2.95 bits per heavy atom. The molecule has 1 atom stereocenters. The second kappa shape index (κ2) is 5.46. The maximum absolute atomic E-state index is 5.96. The summed E-state index contributed by atoms with van der Waals surface area (Å²) in [7, 11) is 0. The number of aromatic nitrogens is 2. The van der Waals surface area contributed by atoms with Crippen LogP contribution in [0.15, 0.2) is 42.0 Å². The number of nitrogens with zero attached hydrogens (tertiary/aromatic N) is 2. The number of thiazole rings is 1. The number of rotatable bonds is 4. The second-order valence-electron chi connectivity index (χ2n) is 4.75. The predicted molar refractivity (Wildman–Crippen MR) is 85.2 cm³/mol. The first-order valence-electron chi connectivity index (χ1n) is 6.52. The molecule has 2 heterocycles. The van der Waals surface area contributed by atoms with Gasteiger partial charge >= 0.3 is 0 Å². The molecule has 0 bridgehead atoms. The third-order valence-corrected chi connectivity index (χ3v) is 4.28. The standard InChI is InChI=1S/C15H16N4S/c1-10(15-18-7-8-20-15)9-19-13-5-4-12(16)14-11(13)3-2-6-17-14/h2-8,10,19H,9,16H2,1H3. The number of pyridine rings is 1. The molecule has 0 aliphatic heterocycles. The van der Waals surface area contributed by atoms with Crippen molar-refractivity contribution < 1.29 is 0 Å². The SMILES string of the molecule is CC(CNc1ccc(N)c2ncccc12)c1nccs1. The van der Waals surface area contributed by atoms with Crippen molar-refractivity contribution in [2.45, 2.75) is 12.8 Å². The highest BCUT2D eigenvalue weighted by Gasteiger charge is 2.09. The zero-order chi connectivity index (χ0) is 13.9. The highest BCUT2D eigenvalue weighted by atomic mass is 32.1. The van der Waals surface area contributed by atoms with Crippen molar-refractivity contribution >= 4 is 33.6 Å². The van der Waals surface area contributed by atoms with E-state index in [1.165, 1.54) is 0 Å². The van der Waals surface area contributed by atoms with Crippen LogP contribution in [-0.2, 0) is 0 Å². The zero-order valence-corrected chi connectivity index (χ0v) is 12.0. The number of hydrogen-bond donors (Lipinski definition) is 2. The summed E-state index contributed by atoms with van der Waals surface area (Å²) in [6, 6.07) is 7.87. The van der Waals surface area contributed by atoms with Crippen LogP contribution < -0.4 is 11.1 Å². The van der Waals surface area contributed by atoms with Crippen molar-refractivity contribution in [3.8, 4) is 0 Å². The molecule has 0 radical (unpaired) electrons. The molecule has 0 aliphatic rings. The third-order valence-electron chi connectivity index (χ3n) is 3.27. The number of nitrogens with two attached hydrogens (primary N) is 1. The number of nitrogen functional groups attached to an aromatic ring is 1. The van der Waals surface area contributed by atoms with Gasteiger partial charge in [-0.3, -0.25) is 4.98 Å². The normalized spacial score (nSPS) is 12.4. The molecule has 5 heteroatoms. The summed E-state index contributed by atoms with van der Waals surface area (Å²) in [6.07, 6.45) is 3.61. The first-order valence-corrected chi connectivity index (χ1v) is 7.40. The van der Waals surface area contributed by atoms with Gasteiger partial charge in [-0.25, -0.2) is 4.98 Å². The van der Waals surface area contributed by atoms with E-state index >= 15 is 0 Å². The third kappa shape index (κ3) is 2.44. The number of anilines is 2. The smallest absolute Gasteiger partial charge is 0.0970 e. The van der Waals surface area contributed by atoms with Gasteiger partial charge in [0, 0.05) is 41.3 Å². The van der Waals surface area contributed by atoms with E-state index in [9.17, 15) is 0 Å². The van der Waals surface area contributed by atoms with Gasteiger partial charge in [-0.15, -0.1) is 11.3 Å². The van der Waals surface area contributed by atoms with Gasteiger partial charge in [-0.1, -0.05) is 6.92 Å². The lowest BCUT2D eigenvalue weighted by molar-refractivity contribution is 0.796. The van der Waals surface area contributed by atoms with Gasteiger partial charge in [0.25, 0.3) is 0 Å². The van der Waals surface area contributed by atoms with E-state index in [-0.39, 0.29) is 0 Å². The molecular weight excluding hydrogens is 268 g/mol. The summed E-state index contributed by atoms with van der Waals surface area (Å²) >= 11 is 1.69. The molecule has 1 aromatic carbocycles. The summed E-state index contributed by atoms with van der Waals surface area (Å²) in [6.45, 7) is 3.00. The van der Waals surface area contributed by atoms with Gasteiger partial charge in [-0.2, -0.15) is 0 Å². The average molecular weight is 284 g/mol. The van der Waals surface area contributed by atoms with Crippen LogP contribution >= 0.6 is 11.3 Å². The highest BCUT2D eigenvalue weighted by Crippen LogP contribution is 2.27. The minimum Gasteiger partial charge on any atom is -0.397 e. The largest absolute Gasteiger partial charge is 0.397 e. The van der Waals surface area contributed by atoms with Crippen LogP contribution in [0.3, 0.4) is 0 Å². The first-order chi connectivity index (χ1) is 9.75. The Morgan fingerprint density at radius 1 is 1.25 bits per heavy atom. The molecule has 0 amide bonds. The van der Waals surface area contributed by atoms with Crippen molar-refractivity contribution in [3.05, 3.63) is 47.0 Å². The summed E-state index contributed by atoms with van der Waals surface area (Å²) in [5, 5.41) is 7.69. The average Bonchev–Trinajstić information content (AvgIpc) is 3.01. The first kappa shape index (κ1) is 12.9. The lowest BCUT2D eigenvalue weighted by atomic mass is 10.1. The monoisotopic (exact) mass is 284 g/mol. The van der Waals surface area contributed by atoms with Crippen molar-refractivity contribution in [3.63, 3.8) is 0 Å². The van der Waals surface area contributed by atoms with E-state index in [2.05, 4.69) is 22.2 Å². The van der Waals surface area contributed by atoms with E-state index < -0.39 is 0 Å². The van der Waals surface area contributed by atoms with E-state index in [1.807, 2.05) is 35.8 Å². The molecule has 20 heavy (non-hydrogen) atoms. The molecular formula is C15H16N4S. The van der Waals surface area contributed by atoms with Crippen LogP contribution in [0.1, 0.15) is 17.8 Å². The Bertz CT molecular complexity index is 709. The van der Waals surface area contributed by atoms with Gasteiger partial charge in [-0.05, 0) is 24.3 Å². The molecule has 0 spiro atoms. The number of hydrogen-bond acceptors (Lipinski definition) is 5. The van der Waals surface area contributed by atoms with E-state index in [0.29, 0.717) is 11.6 Å². The molecule has 2 aromatic heterocycles. The highest BCUT2D eigenvalue weighted by molar-refractivity contribution is 7.09. The summed E-state index contributed by atoms with van der Waals surface area (Å²) in [5.74, 6) is 0.374. The van der Waals surface area contributed by atoms with Crippen LogP contribution in [0.5, 0.6) is 0 Å². The Labute approximate surface area is 121 Å². The molecule has 4 nitrogen and oxygen atoms in total. The van der Waals surface area contributed by atoms with Crippen LogP contribution in [0.4, 0.5) is 11.4 Å². The summed E-state index contributed by atoms with van der Waals surface area (Å²) in [4.78, 5) is 8.69. The maximum atomic E-state index is 5.96. The maximum Gasteiger partial charge on any atom is 0.0970 e. The van der Waals surface area contributed by atoms with Crippen molar-refractivity contribution in [2.24, 2.45) is 0 Å². The van der Waals surface area contributed by atoms with E-state index in [1.54, 1.807) is 17.5 Å². The summed E-state index contributed by atoms with van der Waals surface area (Å²) in [5.41, 5.74) is 8.57. The fraction of sp³-hybridized carbons (Fsp3) is 0.200. The number of fused-ring (bicyclic) bond motifs is 1. The molecule has 102 valence electrons. The summed E-state index contributed by atoms with van der Waals surface area (Å²) < 4.78 is 0. The van der Waals surface area contributed by atoms with Crippen molar-refractivity contribution in [1.29, 1.82) is 0 Å². The van der Waals surface area contributed by atoms with Gasteiger partial charge < -0.3 is 11.1 Å². The van der Waals surface area contributed by atoms with Crippen LogP contribution in [-0.4, -0.2) is 16.5 Å². The quantitative estimate of drug-likeness (QED) is 0.720. The molecule has 3 rings (SSSR count). The Kier molecular flexibility index (Phi) is 3.52. The molecule has 1 unspecified atom stereocenters. The Balaban J connectivity index is 1.83. The van der Waals surface area contributed by atoms with Gasteiger partial charge in [0.05, 0.1) is 16.2 Å². The molecule has 3 aromatic rings. The van der Waals surface area contributed by atoms with Crippen LogP contribution in [0, 0.1) is 0 Å². The molecule has 3 N–H and O–H groups in total. The lowest BCUT2D eigenvalue weighted by Crippen LogP contribution is -2.10. The van der Waals surface area contributed by atoms with Crippen LogP contribution in [0.25, 0.3) is 10.9 Å². The molecule has 0 saturated heterocycles. The minimum absolute atomic E-state index is 0.374. The molecule has 0 saturated carbocycles. The van der Waals surface area contributed by atoms with Gasteiger partial charge in [0.1, 0.15) is 0 Å². The fourth-order valence-electron chi connectivity index (χ4n) is 2.18. The predicted octanol–water partition coefficient (Wildman–Crippen LogP) is 3.49. The number of nitrogens with one attached hydrogen (secondary N) is 1. The second-order valence-corrected chi connectivity index (χ2v) is 5.68. The van der Waals surface area contributed by atoms with Crippen molar-refractivity contribution in [2.75, 3.05) is 17.6 Å². The zero-order valence-electron chi connectivity index (χ0n) is 11.2. The fourth-order valence-corrected chi connectivity index (χ4v) is 2.88. The Hall–Kier alpha value is -2.14.